The molecule has 2 amide bonds. The molecule has 0 radical (unpaired) electrons. The summed E-state index contributed by atoms with van der Waals surface area (Å²) in [6, 6.07) is 20.5. The van der Waals surface area contributed by atoms with E-state index in [0.29, 0.717) is 11.3 Å². The van der Waals surface area contributed by atoms with Crippen molar-refractivity contribution in [1.82, 2.24) is 10.3 Å². The Kier molecular flexibility index (Phi) is 5.07. The van der Waals surface area contributed by atoms with Crippen LogP contribution in [0.25, 0.3) is 10.9 Å². The lowest BCUT2D eigenvalue weighted by Gasteiger charge is -2.13. The molecular formula is C24H16BrFN4O2. The number of aromatic amines is 1. The number of aliphatic imine (C=N–C) groups is 1. The van der Waals surface area contributed by atoms with Crippen LogP contribution in [0.2, 0.25) is 0 Å². The van der Waals surface area contributed by atoms with Crippen molar-refractivity contribution in [3.63, 3.8) is 0 Å². The molecule has 1 aromatic heterocycles. The van der Waals surface area contributed by atoms with Crippen molar-refractivity contribution >= 4 is 50.0 Å². The van der Waals surface area contributed by atoms with E-state index in [1.165, 1.54) is 6.07 Å². The summed E-state index contributed by atoms with van der Waals surface area (Å²) in [5.41, 5.74) is 2.65. The maximum absolute atomic E-state index is 14.6. The highest BCUT2D eigenvalue weighted by Crippen LogP contribution is 2.25. The lowest BCUT2D eigenvalue weighted by molar-refractivity contribution is -0.117. The van der Waals surface area contributed by atoms with Gasteiger partial charge in [0.05, 0.1) is 11.4 Å². The third kappa shape index (κ3) is 3.69. The number of amides is 2. The molecule has 0 fully saturated rings. The first-order valence-corrected chi connectivity index (χ1v) is 10.6. The molecule has 1 atom stereocenters. The van der Waals surface area contributed by atoms with Crippen LogP contribution in [0.1, 0.15) is 21.6 Å². The average Bonchev–Trinajstić information content (AvgIpc) is 3.15. The summed E-state index contributed by atoms with van der Waals surface area (Å²) < 4.78 is 15.5. The molecule has 3 N–H and O–H groups in total. The van der Waals surface area contributed by atoms with Crippen LogP contribution < -0.4 is 10.6 Å². The Bertz CT molecular complexity index is 1410. The number of fused-ring (bicyclic) bond motifs is 2. The zero-order valence-electron chi connectivity index (χ0n) is 16.5. The Morgan fingerprint density at radius 3 is 2.56 bits per heavy atom. The highest BCUT2D eigenvalue weighted by atomic mass is 79.9. The largest absolute Gasteiger partial charge is 0.351 e. The Morgan fingerprint density at radius 2 is 1.75 bits per heavy atom. The first-order valence-electron chi connectivity index (χ1n) is 9.82. The first kappa shape index (κ1) is 20.1. The zero-order valence-corrected chi connectivity index (χ0v) is 18.1. The summed E-state index contributed by atoms with van der Waals surface area (Å²) in [5, 5.41) is 6.27. The fourth-order valence-corrected chi connectivity index (χ4v) is 4.03. The van der Waals surface area contributed by atoms with Gasteiger partial charge >= 0.3 is 0 Å². The van der Waals surface area contributed by atoms with E-state index in [1.54, 1.807) is 48.5 Å². The number of benzene rings is 3. The maximum Gasteiger partial charge on any atom is 0.269 e. The van der Waals surface area contributed by atoms with Gasteiger partial charge in [-0.25, -0.2) is 9.38 Å². The molecule has 1 aliphatic rings. The van der Waals surface area contributed by atoms with Crippen LogP contribution in [0.5, 0.6) is 0 Å². The molecule has 6 nitrogen and oxygen atoms in total. The molecular weight excluding hydrogens is 475 g/mol. The van der Waals surface area contributed by atoms with Crippen molar-refractivity contribution < 1.29 is 14.0 Å². The van der Waals surface area contributed by atoms with Gasteiger partial charge in [-0.15, -0.1) is 0 Å². The van der Waals surface area contributed by atoms with Gasteiger partial charge in [0.2, 0.25) is 6.17 Å². The maximum atomic E-state index is 14.6. The summed E-state index contributed by atoms with van der Waals surface area (Å²) in [6.45, 7) is 0. The summed E-state index contributed by atoms with van der Waals surface area (Å²) in [5.74, 6) is -1.49. The smallest absolute Gasteiger partial charge is 0.269 e. The van der Waals surface area contributed by atoms with Gasteiger partial charge in [0, 0.05) is 26.5 Å². The van der Waals surface area contributed by atoms with Crippen molar-refractivity contribution in [1.29, 1.82) is 0 Å². The summed E-state index contributed by atoms with van der Waals surface area (Å²) >= 11 is 3.41. The molecule has 158 valence electrons. The molecule has 0 aliphatic carbocycles. The quantitative estimate of drug-likeness (QED) is 0.391. The summed E-state index contributed by atoms with van der Waals surface area (Å²) in [4.78, 5) is 33.3. The predicted octanol–water partition coefficient (Wildman–Crippen LogP) is 4.62. The minimum absolute atomic E-state index is 0.242. The predicted molar refractivity (Wildman–Crippen MR) is 124 cm³/mol. The average molecular weight is 491 g/mol. The van der Waals surface area contributed by atoms with Crippen molar-refractivity contribution in [2.75, 3.05) is 5.32 Å². The number of anilines is 1. The molecule has 32 heavy (non-hydrogen) atoms. The molecule has 2 heterocycles. The van der Waals surface area contributed by atoms with Crippen LogP contribution in [0.15, 0.2) is 82.3 Å². The molecule has 8 heteroatoms. The second-order valence-electron chi connectivity index (χ2n) is 7.28. The Labute approximate surface area is 190 Å². The van der Waals surface area contributed by atoms with Crippen molar-refractivity contribution in [2.24, 2.45) is 4.99 Å². The van der Waals surface area contributed by atoms with E-state index in [0.717, 1.165) is 15.4 Å². The van der Waals surface area contributed by atoms with Crippen molar-refractivity contribution in [3.8, 4) is 0 Å². The third-order valence-corrected chi connectivity index (χ3v) is 5.66. The van der Waals surface area contributed by atoms with Gasteiger partial charge in [-0.3, -0.25) is 9.59 Å². The molecule has 0 saturated heterocycles. The van der Waals surface area contributed by atoms with Gasteiger partial charge in [0.25, 0.3) is 11.8 Å². The number of nitrogens with zero attached hydrogens (tertiary/aromatic N) is 1. The van der Waals surface area contributed by atoms with E-state index in [-0.39, 0.29) is 17.0 Å². The number of aromatic nitrogens is 1. The molecule has 0 unspecified atom stereocenters. The monoisotopic (exact) mass is 490 g/mol. The van der Waals surface area contributed by atoms with Crippen molar-refractivity contribution in [2.45, 2.75) is 6.17 Å². The number of benzodiazepines with no additional fused rings is 1. The summed E-state index contributed by atoms with van der Waals surface area (Å²) in [7, 11) is 0. The fraction of sp³-hybridized carbons (Fsp3) is 0.0417. The van der Waals surface area contributed by atoms with Gasteiger partial charge in [-0.2, -0.15) is 0 Å². The van der Waals surface area contributed by atoms with Gasteiger partial charge in [-0.1, -0.05) is 46.3 Å². The molecule has 1 aliphatic heterocycles. The SMILES string of the molecule is O=C(N[C@@H]1N=C(c2ccccc2F)c2ccccc2NC1=O)c1cc2cc(Br)ccc2[nH]1. The number of hydrogen-bond donors (Lipinski definition) is 3. The van der Waals surface area contributed by atoms with Gasteiger partial charge < -0.3 is 15.6 Å². The normalized spacial score (nSPS) is 15.5. The first-order chi connectivity index (χ1) is 15.5. The number of hydrogen-bond acceptors (Lipinski definition) is 3. The van der Waals surface area contributed by atoms with Crippen LogP contribution in [0, 0.1) is 5.82 Å². The highest BCUT2D eigenvalue weighted by Gasteiger charge is 2.28. The van der Waals surface area contributed by atoms with Gasteiger partial charge in [-0.05, 0) is 42.5 Å². The second-order valence-corrected chi connectivity index (χ2v) is 8.20. The number of rotatable bonds is 3. The topological polar surface area (TPSA) is 86.3 Å². The molecule has 3 aromatic carbocycles. The van der Waals surface area contributed by atoms with E-state index in [9.17, 15) is 14.0 Å². The Morgan fingerprint density at radius 1 is 1.00 bits per heavy atom. The number of halogens is 2. The minimum Gasteiger partial charge on any atom is -0.351 e. The van der Waals surface area contributed by atoms with Crippen LogP contribution in [-0.4, -0.2) is 28.7 Å². The number of H-pyrrole nitrogens is 1. The van der Waals surface area contributed by atoms with E-state index < -0.39 is 23.8 Å². The fourth-order valence-electron chi connectivity index (χ4n) is 3.65. The van der Waals surface area contributed by atoms with Crippen molar-refractivity contribution in [3.05, 3.63) is 99.9 Å². The van der Waals surface area contributed by atoms with Crippen LogP contribution >= 0.6 is 15.9 Å². The standard InChI is InChI=1S/C24H16BrFN4O2/c25-14-9-10-18-13(11-14)12-20(27-18)23(31)30-22-24(32)28-19-8-4-2-6-16(19)21(29-22)15-5-1-3-7-17(15)26/h1-12,22,27H,(H,28,32)(H,30,31)/t22-/m0/s1. The molecule has 5 rings (SSSR count). The molecule has 0 spiro atoms. The van der Waals surface area contributed by atoms with Crippen LogP contribution in [-0.2, 0) is 4.79 Å². The number of nitrogens with one attached hydrogen (secondary N) is 3. The van der Waals surface area contributed by atoms with E-state index >= 15 is 0 Å². The third-order valence-electron chi connectivity index (χ3n) is 5.17. The minimum atomic E-state index is -1.25. The van der Waals surface area contributed by atoms with Crippen LogP contribution in [0.3, 0.4) is 0 Å². The number of para-hydroxylation sites is 1. The lowest BCUT2D eigenvalue weighted by atomic mass is 10.0. The molecule has 4 aromatic rings. The second kappa shape index (κ2) is 8.05. The Hall–Kier alpha value is -3.78. The number of carbonyl (C=O) groups excluding carboxylic acids is 2. The summed E-state index contributed by atoms with van der Waals surface area (Å²) in [6.07, 6.45) is -1.25. The van der Waals surface area contributed by atoms with E-state index in [4.69, 9.17) is 0 Å². The van der Waals surface area contributed by atoms with Gasteiger partial charge in [0.15, 0.2) is 0 Å². The zero-order chi connectivity index (χ0) is 22.2. The Balaban J connectivity index is 1.54. The number of carbonyl (C=O) groups is 2. The lowest BCUT2D eigenvalue weighted by Crippen LogP contribution is -2.42. The highest BCUT2D eigenvalue weighted by molar-refractivity contribution is 9.10. The molecule has 0 saturated carbocycles. The molecule has 0 bridgehead atoms. The van der Waals surface area contributed by atoms with E-state index in [2.05, 4.69) is 36.5 Å². The van der Waals surface area contributed by atoms with Crippen LogP contribution in [0.4, 0.5) is 10.1 Å². The van der Waals surface area contributed by atoms with Gasteiger partial charge in [0.1, 0.15) is 11.5 Å². The van der Waals surface area contributed by atoms with E-state index in [1.807, 2.05) is 18.2 Å².